The van der Waals surface area contributed by atoms with E-state index >= 15 is 0 Å². The zero-order valence-electron chi connectivity index (χ0n) is 12.4. The molecule has 112 valence electrons. The molecule has 0 fully saturated rings. The first-order valence-corrected chi connectivity index (χ1v) is 7.10. The highest BCUT2D eigenvalue weighted by Crippen LogP contribution is 2.26. The van der Waals surface area contributed by atoms with Gasteiger partial charge in [0, 0.05) is 18.7 Å². The van der Waals surface area contributed by atoms with Crippen LogP contribution in [0.3, 0.4) is 0 Å². The van der Waals surface area contributed by atoms with Crippen LogP contribution in [0, 0.1) is 0 Å². The van der Waals surface area contributed by atoms with Gasteiger partial charge in [0.05, 0.1) is 24.2 Å². The Morgan fingerprint density at radius 2 is 2.14 bits per heavy atom. The molecule has 0 aliphatic rings. The van der Waals surface area contributed by atoms with Gasteiger partial charge in [-0.15, -0.1) is 0 Å². The summed E-state index contributed by atoms with van der Waals surface area (Å²) in [6.45, 7) is 5.98. The van der Waals surface area contributed by atoms with Gasteiger partial charge in [-0.1, -0.05) is 0 Å². The molecule has 2 rings (SSSR count). The van der Waals surface area contributed by atoms with Gasteiger partial charge in [-0.2, -0.15) is 0 Å². The fourth-order valence-corrected chi connectivity index (χ4v) is 2.20. The lowest BCUT2D eigenvalue weighted by Gasteiger charge is -2.24. The van der Waals surface area contributed by atoms with E-state index in [0.29, 0.717) is 24.3 Å². The van der Waals surface area contributed by atoms with Gasteiger partial charge in [-0.3, -0.25) is 4.79 Å². The van der Waals surface area contributed by atoms with E-state index < -0.39 is 0 Å². The highest BCUT2D eigenvalue weighted by Gasteiger charge is 2.13. The molecule has 3 N–H and O–H groups in total. The maximum Gasteiger partial charge on any atom is 0.251 e. The number of nitrogen functional groups attached to an aromatic ring is 1. The molecular formula is C16H21N3O2. The Bertz CT molecular complexity index is 594. The van der Waals surface area contributed by atoms with Crippen molar-refractivity contribution in [3.63, 3.8) is 0 Å². The number of hydrogen-bond acceptors (Lipinski definition) is 4. The Hall–Kier alpha value is -2.43. The molecule has 0 aliphatic carbocycles. The molecule has 0 unspecified atom stereocenters. The summed E-state index contributed by atoms with van der Waals surface area (Å²) in [5.74, 6) is 0.772. The molecule has 0 bridgehead atoms. The van der Waals surface area contributed by atoms with Crippen LogP contribution in [0.1, 0.15) is 30.0 Å². The van der Waals surface area contributed by atoms with Gasteiger partial charge in [-0.05, 0) is 44.2 Å². The van der Waals surface area contributed by atoms with Crippen LogP contribution >= 0.6 is 0 Å². The van der Waals surface area contributed by atoms with Crippen molar-refractivity contribution in [2.75, 3.05) is 23.7 Å². The van der Waals surface area contributed by atoms with E-state index in [1.165, 1.54) is 0 Å². The molecule has 1 aromatic heterocycles. The van der Waals surface area contributed by atoms with Crippen molar-refractivity contribution in [3.05, 3.63) is 47.9 Å². The summed E-state index contributed by atoms with van der Waals surface area (Å²) < 4.78 is 5.37. The van der Waals surface area contributed by atoms with Crippen LogP contribution in [0.15, 0.2) is 41.0 Å². The fourth-order valence-electron chi connectivity index (χ4n) is 2.20. The van der Waals surface area contributed by atoms with Crippen molar-refractivity contribution in [2.24, 2.45) is 0 Å². The van der Waals surface area contributed by atoms with Crippen molar-refractivity contribution < 1.29 is 9.21 Å². The summed E-state index contributed by atoms with van der Waals surface area (Å²) in [5, 5.41) is 2.76. The van der Waals surface area contributed by atoms with E-state index in [1.54, 1.807) is 18.4 Å². The zero-order valence-corrected chi connectivity index (χ0v) is 12.4. The lowest BCUT2D eigenvalue weighted by Crippen LogP contribution is -2.25. The number of nitrogens with one attached hydrogen (secondary N) is 1. The minimum atomic E-state index is -0.107. The summed E-state index contributed by atoms with van der Waals surface area (Å²) in [6.07, 6.45) is 1.66. The largest absolute Gasteiger partial charge is 0.467 e. The van der Waals surface area contributed by atoms with E-state index in [0.717, 1.165) is 18.0 Å². The Morgan fingerprint density at radius 1 is 1.33 bits per heavy atom. The van der Waals surface area contributed by atoms with Crippen LogP contribution in [-0.4, -0.2) is 19.0 Å². The topological polar surface area (TPSA) is 71.5 Å². The second kappa shape index (κ2) is 6.83. The van der Waals surface area contributed by atoms with E-state index in [2.05, 4.69) is 17.1 Å². The van der Waals surface area contributed by atoms with Gasteiger partial charge in [-0.25, -0.2) is 0 Å². The highest BCUT2D eigenvalue weighted by molar-refractivity contribution is 5.96. The summed E-state index contributed by atoms with van der Waals surface area (Å²) in [7, 11) is 0. The van der Waals surface area contributed by atoms with Gasteiger partial charge < -0.3 is 20.4 Å². The summed E-state index contributed by atoms with van der Waals surface area (Å²) in [6, 6.07) is 9.19. The van der Waals surface area contributed by atoms with Crippen LogP contribution < -0.4 is 16.0 Å². The van der Waals surface area contributed by atoms with E-state index in [9.17, 15) is 4.79 Å². The Labute approximate surface area is 124 Å². The first kappa shape index (κ1) is 15.0. The van der Waals surface area contributed by atoms with Crippen molar-refractivity contribution in [2.45, 2.75) is 20.4 Å². The predicted octanol–water partition coefficient (Wildman–Crippen LogP) is 2.64. The monoisotopic (exact) mass is 287 g/mol. The first-order chi connectivity index (χ1) is 10.2. The number of benzene rings is 1. The van der Waals surface area contributed by atoms with Crippen LogP contribution in [0.25, 0.3) is 0 Å². The Balaban J connectivity index is 2.20. The van der Waals surface area contributed by atoms with E-state index in [4.69, 9.17) is 10.2 Å². The van der Waals surface area contributed by atoms with E-state index in [-0.39, 0.29) is 5.91 Å². The normalized spacial score (nSPS) is 10.4. The van der Waals surface area contributed by atoms with Gasteiger partial charge in [0.25, 0.3) is 5.91 Å². The smallest absolute Gasteiger partial charge is 0.251 e. The average Bonchev–Trinajstić information content (AvgIpc) is 2.98. The molecule has 5 nitrogen and oxygen atoms in total. The lowest BCUT2D eigenvalue weighted by atomic mass is 10.1. The SMILES string of the molecule is CCNC(=O)c1ccc(N(CC)Cc2ccco2)c(N)c1. The average molecular weight is 287 g/mol. The number of nitrogens with zero attached hydrogens (tertiary/aromatic N) is 1. The number of hydrogen-bond donors (Lipinski definition) is 2. The Kier molecular flexibility index (Phi) is 4.87. The summed E-state index contributed by atoms with van der Waals surface area (Å²) in [4.78, 5) is 13.9. The second-order valence-electron chi connectivity index (χ2n) is 4.73. The highest BCUT2D eigenvalue weighted by atomic mass is 16.3. The van der Waals surface area contributed by atoms with Crippen LogP contribution in [0.5, 0.6) is 0 Å². The molecule has 1 amide bonds. The van der Waals surface area contributed by atoms with Crippen LogP contribution in [-0.2, 0) is 6.54 Å². The maximum atomic E-state index is 11.8. The van der Waals surface area contributed by atoms with Crippen LogP contribution in [0.2, 0.25) is 0 Å². The standard InChI is InChI=1S/C16H21N3O2/c1-3-18-16(20)12-7-8-15(14(17)10-12)19(4-2)11-13-6-5-9-21-13/h5-10H,3-4,11,17H2,1-2H3,(H,18,20). The third-order valence-corrected chi connectivity index (χ3v) is 3.28. The molecule has 0 atom stereocenters. The molecule has 0 saturated heterocycles. The van der Waals surface area contributed by atoms with Crippen molar-refractivity contribution >= 4 is 17.3 Å². The van der Waals surface area contributed by atoms with Gasteiger partial charge in [0.1, 0.15) is 5.76 Å². The van der Waals surface area contributed by atoms with Crippen molar-refractivity contribution in [1.82, 2.24) is 5.32 Å². The molecule has 0 radical (unpaired) electrons. The third kappa shape index (κ3) is 3.56. The molecular weight excluding hydrogens is 266 g/mol. The molecule has 0 aliphatic heterocycles. The second-order valence-corrected chi connectivity index (χ2v) is 4.73. The van der Waals surface area contributed by atoms with Crippen LogP contribution in [0.4, 0.5) is 11.4 Å². The van der Waals surface area contributed by atoms with E-state index in [1.807, 2.05) is 25.1 Å². The molecule has 1 aromatic carbocycles. The number of carbonyl (C=O) groups excluding carboxylic acids is 1. The lowest BCUT2D eigenvalue weighted by molar-refractivity contribution is 0.0956. The minimum Gasteiger partial charge on any atom is -0.467 e. The van der Waals surface area contributed by atoms with Gasteiger partial charge in [0.15, 0.2) is 0 Å². The van der Waals surface area contributed by atoms with Gasteiger partial charge >= 0.3 is 0 Å². The molecule has 21 heavy (non-hydrogen) atoms. The zero-order chi connectivity index (χ0) is 15.2. The quantitative estimate of drug-likeness (QED) is 0.801. The predicted molar refractivity (Wildman–Crippen MR) is 84.3 cm³/mol. The minimum absolute atomic E-state index is 0.107. The number of rotatable bonds is 6. The summed E-state index contributed by atoms with van der Waals surface area (Å²) >= 11 is 0. The van der Waals surface area contributed by atoms with Gasteiger partial charge in [0.2, 0.25) is 0 Å². The Morgan fingerprint density at radius 3 is 2.71 bits per heavy atom. The van der Waals surface area contributed by atoms with Crippen molar-refractivity contribution in [1.29, 1.82) is 0 Å². The van der Waals surface area contributed by atoms with Crippen molar-refractivity contribution in [3.8, 4) is 0 Å². The number of furan rings is 1. The molecule has 0 saturated carbocycles. The number of amides is 1. The molecule has 2 aromatic rings. The number of nitrogens with two attached hydrogens (primary N) is 1. The fraction of sp³-hybridized carbons (Fsp3) is 0.312. The maximum absolute atomic E-state index is 11.8. The number of anilines is 2. The number of carbonyl (C=O) groups is 1. The molecule has 5 heteroatoms. The molecule has 0 spiro atoms. The third-order valence-electron chi connectivity index (χ3n) is 3.28. The summed E-state index contributed by atoms with van der Waals surface area (Å²) in [5.41, 5.74) is 8.18. The molecule has 1 heterocycles. The first-order valence-electron chi connectivity index (χ1n) is 7.10.